The molecule has 3 aromatic rings. The third kappa shape index (κ3) is 4.41. The van der Waals surface area contributed by atoms with Gasteiger partial charge in [-0.15, -0.1) is 0 Å². The van der Waals surface area contributed by atoms with E-state index in [2.05, 4.69) is 10.1 Å². The molecule has 8 heteroatoms. The van der Waals surface area contributed by atoms with Gasteiger partial charge < -0.3 is 19.2 Å². The number of ether oxygens (including phenoxy) is 2. The number of hydrogen-bond acceptors (Lipinski definition) is 6. The average Bonchev–Trinajstić information content (AvgIpc) is 3.03. The number of carbonyl (C=O) groups excluding carboxylic acids is 3. The summed E-state index contributed by atoms with van der Waals surface area (Å²) in [4.78, 5) is 36.2. The van der Waals surface area contributed by atoms with Crippen LogP contribution >= 0.6 is 11.6 Å². The van der Waals surface area contributed by atoms with Crippen LogP contribution in [0.2, 0.25) is 5.02 Å². The van der Waals surface area contributed by atoms with Crippen molar-refractivity contribution in [2.45, 2.75) is 13.8 Å². The second-order valence-corrected chi connectivity index (χ2v) is 6.78. The summed E-state index contributed by atoms with van der Waals surface area (Å²) in [5.41, 5.74) is 2.53. The number of amides is 1. The summed E-state index contributed by atoms with van der Waals surface area (Å²) >= 11 is 5.97. The number of halogens is 1. The number of furan rings is 1. The largest absolute Gasteiger partial charge is 0.465 e. The predicted octanol–water partition coefficient (Wildman–Crippen LogP) is 4.29. The molecule has 1 aromatic heterocycles. The van der Waals surface area contributed by atoms with Crippen LogP contribution in [-0.4, -0.2) is 31.6 Å². The van der Waals surface area contributed by atoms with E-state index >= 15 is 0 Å². The first-order chi connectivity index (χ1) is 13.8. The number of esters is 2. The molecule has 2 aromatic carbocycles. The van der Waals surface area contributed by atoms with Crippen molar-refractivity contribution in [3.05, 3.63) is 63.9 Å². The number of aryl methyl sites for hydroxylation is 2. The number of methoxy groups -OCH3 is 1. The van der Waals surface area contributed by atoms with E-state index in [0.717, 1.165) is 5.56 Å². The number of benzene rings is 2. The molecule has 1 N–H and O–H groups in total. The quantitative estimate of drug-likeness (QED) is 0.625. The lowest BCUT2D eigenvalue weighted by Gasteiger charge is -2.10. The molecular weight excluding hydrogens is 398 g/mol. The molecule has 0 aliphatic heterocycles. The topological polar surface area (TPSA) is 94.8 Å². The van der Waals surface area contributed by atoms with Gasteiger partial charge in [-0.1, -0.05) is 17.7 Å². The fraction of sp³-hybridized carbons (Fsp3) is 0.190. The number of rotatable bonds is 5. The highest BCUT2D eigenvalue weighted by molar-refractivity contribution is 6.31. The first-order valence-electron chi connectivity index (χ1n) is 8.64. The lowest BCUT2D eigenvalue weighted by molar-refractivity contribution is -0.119. The van der Waals surface area contributed by atoms with Gasteiger partial charge in [0.1, 0.15) is 5.58 Å². The Morgan fingerprint density at radius 2 is 1.83 bits per heavy atom. The van der Waals surface area contributed by atoms with Gasteiger partial charge in [-0.05, 0) is 49.7 Å². The van der Waals surface area contributed by atoms with Crippen LogP contribution < -0.4 is 5.32 Å². The third-order valence-corrected chi connectivity index (χ3v) is 4.59. The molecule has 0 unspecified atom stereocenters. The molecule has 1 amide bonds. The Hall–Kier alpha value is -3.32. The SMILES string of the molecule is COC(=O)c1ccc(C)c(NC(=O)COC(=O)c2oc3ccc(Cl)cc3c2C)c1. The normalized spacial score (nSPS) is 10.6. The first-order valence-corrected chi connectivity index (χ1v) is 9.02. The van der Waals surface area contributed by atoms with E-state index in [4.69, 9.17) is 20.8 Å². The summed E-state index contributed by atoms with van der Waals surface area (Å²) in [6.07, 6.45) is 0. The second-order valence-electron chi connectivity index (χ2n) is 6.34. The van der Waals surface area contributed by atoms with E-state index in [9.17, 15) is 14.4 Å². The highest BCUT2D eigenvalue weighted by Gasteiger charge is 2.20. The van der Waals surface area contributed by atoms with Crippen LogP contribution in [0.1, 0.15) is 32.0 Å². The van der Waals surface area contributed by atoms with Crippen molar-refractivity contribution >= 4 is 46.1 Å². The van der Waals surface area contributed by atoms with Crippen LogP contribution in [0.15, 0.2) is 40.8 Å². The minimum Gasteiger partial charge on any atom is -0.465 e. The maximum Gasteiger partial charge on any atom is 0.375 e. The maximum atomic E-state index is 12.3. The molecule has 0 aliphatic rings. The number of fused-ring (bicyclic) bond motifs is 1. The van der Waals surface area contributed by atoms with E-state index in [-0.39, 0.29) is 5.76 Å². The Morgan fingerprint density at radius 3 is 2.55 bits per heavy atom. The summed E-state index contributed by atoms with van der Waals surface area (Å²) in [7, 11) is 1.27. The molecule has 150 valence electrons. The average molecular weight is 416 g/mol. The molecule has 0 saturated carbocycles. The van der Waals surface area contributed by atoms with Crippen LogP contribution in [0.4, 0.5) is 5.69 Å². The number of hydrogen-bond donors (Lipinski definition) is 1. The molecular formula is C21H18ClNO6. The zero-order valence-electron chi connectivity index (χ0n) is 16.0. The molecule has 3 rings (SSSR count). The Morgan fingerprint density at radius 1 is 1.07 bits per heavy atom. The van der Waals surface area contributed by atoms with Crippen molar-refractivity contribution in [3.63, 3.8) is 0 Å². The van der Waals surface area contributed by atoms with Gasteiger partial charge in [-0.25, -0.2) is 9.59 Å². The van der Waals surface area contributed by atoms with Crippen molar-refractivity contribution in [1.29, 1.82) is 0 Å². The first kappa shape index (κ1) is 20.4. The van der Waals surface area contributed by atoms with Gasteiger partial charge in [0.2, 0.25) is 5.76 Å². The summed E-state index contributed by atoms with van der Waals surface area (Å²) in [6, 6.07) is 9.76. The molecule has 0 bridgehead atoms. The van der Waals surface area contributed by atoms with Gasteiger partial charge in [0.15, 0.2) is 6.61 Å². The van der Waals surface area contributed by atoms with Crippen LogP contribution in [-0.2, 0) is 14.3 Å². The third-order valence-electron chi connectivity index (χ3n) is 4.35. The summed E-state index contributed by atoms with van der Waals surface area (Å²) in [6.45, 7) is 2.96. The van der Waals surface area contributed by atoms with Crippen molar-refractivity contribution in [2.75, 3.05) is 19.0 Å². The molecule has 0 aliphatic carbocycles. The zero-order valence-corrected chi connectivity index (χ0v) is 16.8. The van der Waals surface area contributed by atoms with Crippen LogP contribution in [0.5, 0.6) is 0 Å². The predicted molar refractivity (Wildman–Crippen MR) is 107 cm³/mol. The van der Waals surface area contributed by atoms with E-state index in [1.165, 1.54) is 13.2 Å². The monoisotopic (exact) mass is 415 g/mol. The highest BCUT2D eigenvalue weighted by Crippen LogP contribution is 2.28. The van der Waals surface area contributed by atoms with Crippen molar-refractivity contribution < 1.29 is 28.3 Å². The Balaban J connectivity index is 1.68. The smallest absolute Gasteiger partial charge is 0.375 e. The minimum atomic E-state index is -0.759. The molecule has 0 radical (unpaired) electrons. The van der Waals surface area contributed by atoms with E-state index in [0.29, 0.717) is 32.8 Å². The van der Waals surface area contributed by atoms with Gasteiger partial charge in [-0.2, -0.15) is 0 Å². The molecule has 0 saturated heterocycles. The van der Waals surface area contributed by atoms with Gasteiger partial charge >= 0.3 is 11.9 Å². The van der Waals surface area contributed by atoms with E-state index < -0.39 is 24.5 Å². The zero-order chi connectivity index (χ0) is 21.1. The van der Waals surface area contributed by atoms with Crippen molar-refractivity contribution in [1.82, 2.24) is 0 Å². The standard InChI is InChI=1S/C21H18ClNO6/c1-11-4-5-13(20(25)27-3)8-16(11)23-18(24)10-28-21(26)19-12(2)15-9-14(22)6-7-17(15)29-19/h4-9H,10H2,1-3H3,(H,23,24). The molecule has 7 nitrogen and oxygen atoms in total. The lowest BCUT2D eigenvalue weighted by Crippen LogP contribution is -2.21. The van der Waals surface area contributed by atoms with Gasteiger partial charge in [-0.3, -0.25) is 4.79 Å². The highest BCUT2D eigenvalue weighted by atomic mass is 35.5. The summed E-state index contributed by atoms with van der Waals surface area (Å²) in [5, 5.41) is 3.83. The molecule has 29 heavy (non-hydrogen) atoms. The van der Waals surface area contributed by atoms with E-state index in [1.807, 2.05) is 0 Å². The Kier molecular flexibility index (Phi) is 5.89. The molecule has 0 atom stereocenters. The fourth-order valence-electron chi connectivity index (χ4n) is 2.77. The lowest BCUT2D eigenvalue weighted by atomic mass is 10.1. The van der Waals surface area contributed by atoms with Crippen molar-refractivity contribution in [3.8, 4) is 0 Å². The minimum absolute atomic E-state index is 0.0129. The Bertz CT molecular complexity index is 1120. The summed E-state index contributed by atoms with van der Waals surface area (Å²) in [5.74, 6) is -1.82. The van der Waals surface area contributed by atoms with Gasteiger partial charge in [0.05, 0.1) is 12.7 Å². The molecule has 1 heterocycles. The summed E-state index contributed by atoms with van der Waals surface area (Å²) < 4.78 is 15.3. The van der Waals surface area contributed by atoms with Crippen LogP contribution in [0, 0.1) is 13.8 Å². The maximum absolute atomic E-state index is 12.3. The molecule has 0 spiro atoms. The second kappa shape index (κ2) is 8.36. The number of carbonyl (C=O) groups is 3. The van der Waals surface area contributed by atoms with E-state index in [1.54, 1.807) is 44.2 Å². The van der Waals surface area contributed by atoms with Gasteiger partial charge in [0, 0.05) is 21.7 Å². The van der Waals surface area contributed by atoms with Crippen LogP contribution in [0.25, 0.3) is 11.0 Å². The van der Waals surface area contributed by atoms with Crippen molar-refractivity contribution in [2.24, 2.45) is 0 Å². The van der Waals surface area contributed by atoms with Gasteiger partial charge in [0.25, 0.3) is 5.91 Å². The molecule has 0 fully saturated rings. The number of anilines is 1. The van der Waals surface area contributed by atoms with Crippen LogP contribution in [0.3, 0.4) is 0 Å². The Labute approximate surface area is 171 Å². The number of nitrogens with one attached hydrogen (secondary N) is 1. The fourth-order valence-corrected chi connectivity index (χ4v) is 2.94.